The molecule has 2 unspecified atom stereocenters. The van der Waals surface area contributed by atoms with Gasteiger partial charge >= 0.3 is 0 Å². The summed E-state index contributed by atoms with van der Waals surface area (Å²) in [4.78, 5) is 2.13. The fourth-order valence-electron chi connectivity index (χ4n) is 4.19. The standard InChI is InChI=1S/C18H17ClN8O/c1-11-12(6-7-28-11)14-8-26(23-20-14)18-22-21-17-13-4-2-3-5-15(13)25-10-24(19)9-16(25)27(17)18/h2-5,8-9,11-12H,6-7,10H2,1H3. The summed E-state index contributed by atoms with van der Waals surface area (Å²) in [5, 5.41) is 17.6. The van der Waals surface area contributed by atoms with E-state index in [1.807, 2.05) is 35.2 Å². The maximum Gasteiger partial charge on any atom is 0.259 e. The molecule has 2 aromatic heterocycles. The predicted molar refractivity (Wildman–Crippen MR) is 102 cm³/mol. The third-order valence-corrected chi connectivity index (χ3v) is 5.80. The third kappa shape index (κ3) is 2.17. The Bertz CT molecular complexity index is 1100. The Hall–Kier alpha value is -2.91. The molecule has 10 heteroatoms. The van der Waals surface area contributed by atoms with Gasteiger partial charge in [-0.2, -0.15) is 4.68 Å². The first-order chi connectivity index (χ1) is 13.7. The van der Waals surface area contributed by atoms with Gasteiger partial charge in [-0.3, -0.25) is 4.42 Å². The molecule has 142 valence electrons. The molecule has 0 amide bonds. The van der Waals surface area contributed by atoms with Crippen molar-refractivity contribution >= 4 is 23.3 Å². The zero-order chi connectivity index (χ0) is 18.8. The molecule has 1 saturated heterocycles. The van der Waals surface area contributed by atoms with Crippen molar-refractivity contribution in [3.63, 3.8) is 0 Å². The lowest BCUT2D eigenvalue weighted by atomic mass is 10.00. The van der Waals surface area contributed by atoms with E-state index in [1.165, 1.54) is 0 Å². The molecular weight excluding hydrogens is 380 g/mol. The molecule has 3 aliphatic heterocycles. The Kier molecular flexibility index (Phi) is 3.33. The first kappa shape index (κ1) is 16.1. The Balaban J connectivity index is 1.50. The van der Waals surface area contributed by atoms with E-state index in [1.54, 1.807) is 9.10 Å². The van der Waals surface area contributed by atoms with E-state index in [9.17, 15) is 0 Å². The summed E-state index contributed by atoms with van der Waals surface area (Å²) in [7, 11) is 0. The summed E-state index contributed by atoms with van der Waals surface area (Å²) < 4.78 is 10.9. The van der Waals surface area contributed by atoms with E-state index in [4.69, 9.17) is 16.5 Å². The number of anilines is 1. The molecule has 0 aliphatic carbocycles. The molecule has 9 nitrogen and oxygen atoms in total. The van der Waals surface area contributed by atoms with Crippen molar-refractivity contribution in [2.75, 3.05) is 18.2 Å². The Morgan fingerprint density at radius 3 is 2.93 bits per heavy atom. The van der Waals surface area contributed by atoms with Crippen molar-refractivity contribution in [2.24, 2.45) is 0 Å². The summed E-state index contributed by atoms with van der Waals surface area (Å²) in [6.45, 7) is 3.37. The van der Waals surface area contributed by atoms with Gasteiger partial charge in [-0.25, -0.2) is 4.57 Å². The van der Waals surface area contributed by atoms with Gasteiger partial charge in [0.05, 0.1) is 29.9 Å². The molecule has 0 saturated carbocycles. The monoisotopic (exact) mass is 396 g/mol. The molecule has 1 aromatic carbocycles. The number of ether oxygens (including phenoxy) is 1. The second-order valence-electron chi connectivity index (χ2n) is 7.19. The van der Waals surface area contributed by atoms with Crippen molar-refractivity contribution in [1.29, 1.82) is 0 Å². The highest BCUT2D eigenvalue weighted by molar-refractivity contribution is 6.15. The van der Waals surface area contributed by atoms with Crippen LogP contribution in [0, 0.1) is 0 Å². The van der Waals surface area contributed by atoms with Gasteiger partial charge in [0, 0.05) is 29.9 Å². The molecule has 5 heterocycles. The first-order valence-electron chi connectivity index (χ1n) is 9.22. The number of nitrogens with zero attached hydrogens (tertiary/aromatic N) is 8. The van der Waals surface area contributed by atoms with E-state index in [0.717, 1.165) is 41.6 Å². The molecule has 0 bridgehead atoms. The lowest BCUT2D eigenvalue weighted by Gasteiger charge is -2.29. The number of fused-ring (bicyclic) bond motifs is 6. The quantitative estimate of drug-likeness (QED) is 0.615. The molecule has 28 heavy (non-hydrogen) atoms. The van der Waals surface area contributed by atoms with Gasteiger partial charge in [-0.1, -0.05) is 17.3 Å². The molecule has 6 rings (SSSR count). The normalized spacial score (nSPS) is 22.9. The van der Waals surface area contributed by atoms with Crippen molar-refractivity contribution in [3.05, 3.63) is 42.4 Å². The molecule has 3 aromatic rings. The van der Waals surface area contributed by atoms with Crippen LogP contribution in [0.15, 0.2) is 36.7 Å². The van der Waals surface area contributed by atoms with E-state index < -0.39 is 0 Å². The SMILES string of the molecule is CC1OCCC1c1cn(-c2nnc3n2C2=CN(Cl)CN2c2ccccc2-3)nn1. The average Bonchev–Trinajstić information content (AvgIpc) is 3.46. The fraction of sp³-hybridized carbons (Fsp3) is 0.333. The average molecular weight is 397 g/mol. The summed E-state index contributed by atoms with van der Waals surface area (Å²) in [6.07, 6.45) is 4.89. The van der Waals surface area contributed by atoms with Crippen LogP contribution < -0.4 is 4.90 Å². The van der Waals surface area contributed by atoms with E-state index in [0.29, 0.717) is 12.6 Å². The molecule has 0 radical (unpaired) electrons. The van der Waals surface area contributed by atoms with Gasteiger partial charge in [-0.05, 0) is 25.5 Å². The van der Waals surface area contributed by atoms with Crippen molar-refractivity contribution in [1.82, 2.24) is 34.2 Å². The zero-order valence-electron chi connectivity index (χ0n) is 15.1. The zero-order valence-corrected chi connectivity index (χ0v) is 15.9. The Morgan fingerprint density at radius 2 is 2.07 bits per heavy atom. The van der Waals surface area contributed by atoms with E-state index in [2.05, 4.69) is 38.4 Å². The second kappa shape index (κ2) is 5.79. The molecule has 2 atom stereocenters. The van der Waals surface area contributed by atoms with Gasteiger partial charge in [0.25, 0.3) is 5.95 Å². The summed E-state index contributed by atoms with van der Waals surface area (Å²) in [5.41, 5.74) is 2.97. The first-order valence-corrected chi connectivity index (χ1v) is 9.56. The van der Waals surface area contributed by atoms with E-state index >= 15 is 0 Å². The second-order valence-corrected chi connectivity index (χ2v) is 7.63. The minimum atomic E-state index is 0.141. The summed E-state index contributed by atoms with van der Waals surface area (Å²) in [5.74, 6) is 2.48. The molecule has 3 aliphatic rings. The maximum atomic E-state index is 6.30. The van der Waals surface area contributed by atoms with Crippen LogP contribution in [0.1, 0.15) is 25.0 Å². The van der Waals surface area contributed by atoms with E-state index in [-0.39, 0.29) is 12.0 Å². The largest absolute Gasteiger partial charge is 0.378 e. The van der Waals surface area contributed by atoms with Crippen molar-refractivity contribution in [2.45, 2.75) is 25.4 Å². The van der Waals surface area contributed by atoms with Crippen LogP contribution in [0.25, 0.3) is 23.2 Å². The van der Waals surface area contributed by atoms with Crippen LogP contribution in [0.5, 0.6) is 0 Å². The van der Waals surface area contributed by atoms with Crippen molar-refractivity contribution < 1.29 is 4.74 Å². The number of halogens is 1. The third-order valence-electron chi connectivity index (χ3n) is 5.59. The minimum absolute atomic E-state index is 0.141. The van der Waals surface area contributed by atoms with Crippen LogP contribution in [0.4, 0.5) is 5.69 Å². The van der Waals surface area contributed by atoms with Gasteiger partial charge in [0.15, 0.2) is 5.82 Å². The Labute approximate surface area is 165 Å². The number of rotatable bonds is 2. The van der Waals surface area contributed by atoms with Gasteiger partial charge in [-0.15, -0.1) is 15.3 Å². The number of hydrogen-bond donors (Lipinski definition) is 0. The van der Waals surface area contributed by atoms with Crippen LogP contribution in [-0.2, 0) is 4.74 Å². The summed E-state index contributed by atoms with van der Waals surface area (Å²) >= 11 is 6.30. The van der Waals surface area contributed by atoms with Gasteiger partial charge in [0.1, 0.15) is 12.5 Å². The van der Waals surface area contributed by atoms with Gasteiger partial charge in [0.2, 0.25) is 0 Å². The molecule has 1 fully saturated rings. The highest BCUT2D eigenvalue weighted by Gasteiger charge is 2.36. The van der Waals surface area contributed by atoms with Crippen molar-refractivity contribution in [3.8, 4) is 17.3 Å². The lowest BCUT2D eigenvalue weighted by molar-refractivity contribution is 0.118. The highest BCUT2D eigenvalue weighted by atomic mass is 35.5. The molecule has 0 spiro atoms. The fourth-order valence-corrected chi connectivity index (χ4v) is 4.39. The minimum Gasteiger partial charge on any atom is -0.378 e. The Morgan fingerprint density at radius 1 is 1.18 bits per heavy atom. The highest BCUT2D eigenvalue weighted by Crippen LogP contribution is 2.42. The number of aromatic nitrogens is 6. The van der Waals surface area contributed by atoms with Gasteiger partial charge < -0.3 is 9.64 Å². The number of hydrogen-bond acceptors (Lipinski definition) is 7. The maximum absolute atomic E-state index is 6.30. The molecular formula is C18H17ClN8O. The van der Waals surface area contributed by atoms with Crippen LogP contribution in [0.3, 0.4) is 0 Å². The number of benzene rings is 1. The lowest BCUT2D eigenvalue weighted by Crippen LogP contribution is -2.29. The molecule has 0 N–H and O–H groups in total. The predicted octanol–water partition coefficient (Wildman–Crippen LogP) is 2.42. The number of para-hydroxylation sites is 1. The topological polar surface area (TPSA) is 77.1 Å². The van der Waals surface area contributed by atoms with Crippen LogP contribution >= 0.6 is 11.8 Å². The summed E-state index contributed by atoms with van der Waals surface area (Å²) in [6, 6.07) is 8.11. The van der Waals surface area contributed by atoms with Crippen LogP contribution in [-0.4, -0.2) is 53.6 Å². The van der Waals surface area contributed by atoms with Crippen LogP contribution in [0.2, 0.25) is 0 Å². The smallest absolute Gasteiger partial charge is 0.259 e.